The van der Waals surface area contributed by atoms with E-state index in [1.54, 1.807) is 0 Å². The van der Waals surface area contributed by atoms with Crippen LogP contribution in [0.1, 0.15) is 17.4 Å². The standard InChI is InChI=1S/C13H10N2OS2/c1-7-9(6-11-12(16)15-13(17)18-11)8-4-2-3-5-10(8)14-7/h2-6,16H,1H3,(H,15,17)/b9-6-. The molecule has 1 aliphatic heterocycles. The van der Waals surface area contributed by atoms with Gasteiger partial charge in [-0.3, -0.25) is 4.99 Å². The molecule has 0 amide bonds. The number of aliphatic imine (C=N–C) groups is 1. The first kappa shape index (κ1) is 11.4. The summed E-state index contributed by atoms with van der Waals surface area (Å²) in [6.07, 6.45) is 1.93. The SMILES string of the molecule is CC1=Nc2ccccc2/C1=C\c1sc(=S)[nH]c1O. The minimum Gasteiger partial charge on any atom is -0.494 e. The number of nitrogens with zero attached hydrogens (tertiary/aromatic N) is 1. The Morgan fingerprint density at radius 2 is 2.17 bits per heavy atom. The number of aromatic nitrogens is 1. The summed E-state index contributed by atoms with van der Waals surface area (Å²) in [5.74, 6) is 0.120. The molecule has 0 radical (unpaired) electrons. The van der Waals surface area contributed by atoms with Crippen LogP contribution in [0.4, 0.5) is 5.69 Å². The molecule has 0 bridgehead atoms. The Bertz CT molecular complexity index is 737. The lowest BCUT2D eigenvalue weighted by Gasteiger charge is -2.00. The molecule has 1 aromatic heterocycles. The maximum atomic E-state index is 9.73. The van der Waals surface area contributed by atoms with Gasteiger partial charge in [-0.15, -0.1) is 11.3 Å². The summed E-state index contributed by atoms with van der Waals surface area (Å²) in [5, 5.41) is 9.73. The van der Waals surface area contributed by atoms with Crippen molar-refractivity contribution >= 4 is 46.6 Å². The van der Waals surface area contributed by atoms with Crippen LogP contribution in [0.15, 0.2) is 29.3 Å². The van der Waals surface area contributed by atoms with Crippen molar-refractivity contribution in [3.05, 3.63) is 38.7 Å². The fourth-order valence-corrected chi connectivity index (χ4v) is 3.02. The summed E-state index contributed by atoms with van der Waals surface area (Å²) in [6, 6.07) is 7.97. The molecule has 0 atom stereocenters. The average Bonchev–Trinajstić information content (AvgIpc) is 2.81. The summed E-state index contributed by atoms with van der Waals surface area (Å²) in [4.78, 5) is 7.96. The molecule has 1 aromatic carbocycles. The number of H-pyrrole nitrogens is 1. The van der Waals surface area contributed by atoms with Crippen LogP contribution >= 0.6 is 23.6 Å². The topological polar surface area (TPSA) is 48.4 Å². The molecule has 3 nitrogen and oxygen atoms in total. The number of nitrogens with one attached hydrogen (secondary N) is 1. The Hall–Kier alpha value is -1.72. The van der Waals surface area contributed by atoms with E-state index < -0.39 is 0 Å². The molecule has 2 heterocycles. The Morgan fingerprint density at radius 1 is 1.39 bits per heavy atom. The third-order valence-electron chi connectivity index (χ3n) is 2.80. The second-order valence-electron chi connectivity index (χ2n) is 4.00. The summed E-state index contributed by atoms with van der Waals surface area (Å²) in [5.41, 5.74) is 4.05. The second-order valence-corrected chi connectivity index (χ2v) is 5.72. The molecule has 0 unspecified atom stereocenters. The zero-order chi connectivity index (χ0) is 12.7. The van der Waals surface area contributed by atoms with Gasteiger partial charge in [0.15, 0.2) is 3.95 Å². The van der Waals surface area contributed by atoms with E-state index >= 15 is 0 Å². The van der Waals surface area contributed by atoms with Crippen LogP contribution in [0.5, 0.6) is 5.88 Å². The number of hydrogen-bond acceptors (Lipinski definition) is 4. The quantitative estimate of drug-likeness (QED) is 0.767. The van der Waals surface area contributed by atoms with Crippen molar-refractivity contribution in [1.29, 1.82) is 0 Å². The Morgan fingerprint density at radius 3 is 2.89 bits per heavy atom. The van der Waals surface area contributed by atoms with Crippen molar-refractivity contribution in [2.24, 2.45) is 4.99 Å². The molecule has 0 saturated heterocycles. The molecule has 5 heteroatoms. The maximum absolute atomic E-state index is 9.73. The van der Waals surface area contributed by atoms with E-state index in [0.29, 0.717) is 3.95 Å². The van der Waals surface area contributed by atoms with Gasteiger partial charge in [-0.2, -0.15) is 0 Å². The fourth-order valence-electron chi connectivity index (χ4n) is 1.98. The maximum Gasteiger partial charge on any atom is 0.207 e. The molecule has 0 fully saturated rings. The first-order valence-electron chi connectivity index (χ1n) is 5.44. The van der Waals surface area contributed by atoms with Crippen LogP contribution in [0, 0.1) is 3.95 Å². The second kappa shape index (κ2) is 4.19. The lowest BCUT2D eigenvalue weighted by Crippen LogP contribution is -1.89. The van der Waals surface area contributed by atoms with Gasteiger partial charge in [0.05, 0.1) is 10.6 Å². The van der Waals surface area contributed by atoms with Crippen LogP contribution in [-0.2, 0) is 0 Å². The van der Waals surface area contributed by atoms with Crippen LogP contribution in [0.25, 0.3) is 11.6 Å². The van der Waals surface area contributed by atoms with Crippen molar-refractivity contribution in [3.63, 3.8) is 0 Å². The highest BCUT2D eigenvalue weighted by molar-refractivity contribution is 7.73. The van der Waals surface area contributed by atoms with Gasteiger partial charge in [0, 0.05) is 16.8 Å². The summed E-state index contributed by atoms with van der Waals surface area (Å²) in [7, 11) is 0. The van der Waals surface area contributed by atoms with E-state index in [1.807, 2.05) is 37.3 Å². The van der Waals surface area contributed by atoms with E-state index in [0.717, 1.165) is 27.4 Å². The summed E-state index contributed by atoms with van der Waals surface area (Å²) in [6.45, 7) is 1.97. The molecule has 18 heavy (non-hydrogen) atoms. The molecule has 90 valence electrons. The van der Waals surface area contributed by atoms with Crippen molar-refractivity contribution < 1.29 is 5.11 Å². The first-order valence-corrected chi connectivity index (χ1v) is 6.66. The highest BCUT2D eigenvalue weighted by Crippen LogP contribution is 2.37. The molecular weight excluding hydrogens is 264 g/mol. The fraction of sp³-hybridized carbons (Fsp3) is 0.0769. The Balaban J connectivity index is 2.16. The predicted molar refractivity (Wildman–Crippen MR) is 78.3 cm³/mol. The number of thiazole rings is 1. The van der Waals surface area contributed by atoms with Gasteiger partial charge >= 0.3 is 0 Å². The van der Waals surface area contributed by atoms with Gasteiger partial charge < -0.3 is 10.1 Å². The van der Waals surface area contributed by atoms with Crippen LogP contribution in [-0.4, -0.2) is 15.8 Å². The van der Waals surface area contributed by atoms with Gasteiger partial charge in [-0.05, 0) is 31.3 Å². The lowest BCUT2D eigenvalue weighted by atomic mass is 10.0. The van der Waals surface area contributed by atoms with Crippen LogP contribution < -0.4 is 0 Å². The first-order chi connectivity index (χ1) is 8.65. The number of aromatic hydroxyl groups is 1. The third-order valence-corrected chi connectivity index (χ3v) is 3.97. The van der Waals surface area contributed by atoms with Crippen molar-refractivity contribution in [3.8, 4) is 5.88 Å². The highest BCUT2D eigenvalue weighted by Gasteiger charge is 2.17. The zero-order valence-corrected chi connectivity index (χ0v) is 11.2. The molecule has 0 aliphatic carbocycles. The van der Waals surface area contributed by atoms with E-state index in [9.17, 15) is 5.11 Å². The molecular formula is C13H10N2OS2. The van der Waals surface area contributed by atoms with Gasteiger partial charge in [0.2, 0.25) is 5.88 Å². The molecule has 2 aromatic rings. The molecule has 3 rings (SSSR count). The number of rotatable bonds is 1. The highest BCUT2D eigenvalue weighted by atomic mass is 32.1. The number of fused-ring (bicyclic) bond motifs is 1. The smallest absolute Gasteiger partial charge is 0.207 e. The van der Waals surface area contributed by atoms with E-state index in [4.69, 9.17) is 12.2 Å². The monoisotopic (exact) mass is 274 g/mol. The normalized spacial score (nSPS) is 15.8. The van der Waals surface area contributed by atoms with E-state index in [2.05, 4.69) is 9.98 Å². The predicted octanol–water partition coefficient (Wildman–Crippen LogP) is 4.16. The van der Waals surface area contributed by atoms with Crippen LogP contribution in [0.2, 0.25) is 0 Å². The minimum absolute atomic E-state index is 0.120. The Labute approximate surface area is 113 Å². The van der Waals surface area contributed by atoms with Gasteiger partial charge in [0.25, 0.3) is 0 Å². The van der Waals surface area contributed by atoms with Gasteiger partial charge in [0.1, 0.15) is 0 Å². The number of hydrogen-bond donors (Lipinski definition) is 2. The number of benzene rings is 1. The lowest BCUT2D eigenvalue weighted by molar-refractivity contribution is 0.456. The van der Waals surface area contributed by atoms with Gasteiger partial charge in [-0.25, -0.2) is 0 Å². The average molecular weight is 274 g/mol. The molecule has 2 N–H and O–H groups in total. The zero-order valence-electron chi connectivity index (χ0n) is 9.60. The van der Waals surface area contributed by atoms with Crippen LogP contribution in [0.3, 0.4) is 0 Å². The largest absolute Gasteiger partial charge is 0.494 e. The third kappa shape index (κ3) is 1.81. The molecule has 0 saturated carbocycles. The number of aromatic amines is 1. The van der Waals surface area contributed by atoms with E-state index in [1.165, 1.54) is 11.3 Å². The summed E-state index contributed by atoms with van der Waals surface area (Å²) < 4.78 is 0.570. The molecule has 1 aliphatic rings. The Kier molecular flexibility index (Phi) is 2.65. The number of allylic oxidation sites excluding steroid dienone is 1. The van der Waals surface area contributed by atoms with Crippen molar-refractivity contribution in [2.75, 3.05) is 0 Å². The van der Waals surface area contributed by atoms with Crippen molar-refractivity contribution in [1.82, 2.24) is 4.98 Å². The van der Waals surface area contributed by atoms with E-state index in [-0.39, 0.29) is 5.88 Å². The minimum atomic E-state index is 0.120. The van der Waals surface area contributed by atoms with Gasteiger partial charge in [-0.1, -0.05) is 18.2 Å². The van der Waals surface area contributed by atoms with Crippen molar-refractivity contribution in [2.45, 2.75) is 6.92 Å². The molecule has 0 spiro atoms. The summed E-state index contributed by atoms with van der Waals surface area (Å²) >= 11 is 6.37. The number of para-hydroxylation sites is 1.